The minimum absolute atomic E-state index is 0.0877. The highest BCUT2D eigenvalue weighted by Crippen LogP contribution is 2.22. The molecule has 0 unspecified atom stereocenters. The fourth-order valence-electron chi connectivity index (χ4n) is 2.84. The Kier molecular flexibility index (Phi) is 7.19. The van der Waals surface area contributed by atoms with Gasteiger partial charge in [-0.25, -0.2) is 5.43 Å². The van der Waals surface area contributed by atoms with Gasteiger partial charge >= 0.3 is 0 Å². The molecule has 6 nitrogen and oxygen atoms in total. The highest BCUT2D eigenvalue weighted by Gasteiger charge is 2.11. The summed E-state index contributed by atoms with van der Waals surface area (Å²) in [7, 11) is 0. The van der Waals surface area contributed by atoms with Gasteiger partial charge in [0.2, 0.25) is 0 Å². The zero-order valence-electron chi connectivity index (χ0n) is 16.5. The second-order valence-corrected chi connectivity index (χ2v) is 6.97. The standard InChI is InChI=1S/C24H20ClN3O3/c1-2-7-16-8-5-10-18(22(16)29)15-26-28-23(30)17-9-6-11-19(14-17)27-24(31)20-12-3-4-13-21(20)25/h2-6,8-15,29H,1,7H2,(H,27,31)(H,28,30). The minimum Gasteiger partial charge on any atom is -0.507 e. The average Bonchev–Trinajstić information content (AvgIpc) is 2.76. The largest absolute Gasteiger partial charge is 0.507 e. The Bertz CT molecular complexity index is 1160. The molecule has 3 N–H and O–H groups in total. The maximum atomic E-state index is 12.4. The van der Waals surface area contributed by atoms with Gasteiger partial charge in [-0.2, -0.15) is 5.10 Å². The van der Waals surface area contributed by atoms with E-state index in [4.69, 9.17) is 11.6 Å². The molecule has 31 heavy (non-hydrogen) atoms. The molecule has 3 rings (SSSR count). The van der Waals surface area contributed by atoms with Crippen LogP contribution in [0.3, 0.4) is 0 Å². The van der Waals surface area contributed by atoms with Gasteiger partial charge in [0.25, 0.3) is 11.8 Å². The highest BCUT2D eigenvalue weighted by atomic mass is 35.5. The van der Waals surface area contributed by atoms with E-state index < -0.39 is 5.91 Å². The molecule has 156 valence electrons. The number of nitrogens with one attached hydrogen (secondary N) is 2. The zero-order valence-corrected chi connectivity index (χ0v) is 17.3. The third kappa shape index (κ3) is 5.58. The van der Waals surface area contributed by atoms with Crippen molar-refractivity contribution in [1.29, 1.82) is 0 Å². The van der Waals surface area contributed by atoms with E-state index in [2.05, 4.69) is 22.4 Å². The van der Waals surface area contributed by atoms with Crippen LogP contribution in [0, 0.1) is 0 Å². The number of hydrogen-bond acceptors (Lipinski definition) is 4. The number of phenols is 1. The summed E-state index contributed by atoms with van der Waals surface area (Å²) in [4.78, 5) is 24.8. The van der Waals surface area contributed by atoms with Gasteiger partial charge < -0.3 is 10.4 Å². The van der Waals surface area contributed by atoms with Crippen LogP contribution in [0.1, 0.15) is 31.8 Å². The second-order valence-electron chi connectivity index (χ2n) is 6.56. The van der Waals surface area contributed by atoms with E-state index >= 15 is 0 Å². The van der Waals surface area contributed by atoms with Crippen molar-refractivity contribution in [1.82, 2.24) is 5.43 Å². The van der Waals surface area contributed by atoms with Crippen LogP contribution in [-0.2, 0) is 6.42 Å². The highest BCUT2D eigenvalue weighted by molar-refractivity contribution is 6.34. The van der Waals surface area contributed by atoms with Gasteiger partial charge in [-0.1, -0.05) is 48.0 Å². The van der Waals surface area contributed by atoms with Crippen molar-refractivity contribution in [3.8, 4) is 5.75 Å². The number of allylic oxidation sites excluding steroid dienone is 1. The quantitative estimate of drug-likeness (QED) is 0.284. The molecule has 0 atom stereocenters. The first kappa shape index (κ1) is 21.8. The number of anilines is 1. The summed E-state index contributed by atoms with van der Waals surface area (Å²) in [5.41, 5.74) is 4.68. The van der Waals surface area contributed by atoms with Crippen LogP contribution in [-0.4, -0.2) is 23.1 Å². The summed E-state index contributed by atoms with van der Waals surface area (Å²) >= 11 is 6.05. The molecular formula is C24H20ClN3O3. The average molecular weight is 434 g/mol. The molecule has 7 heteroatoms. The second kappa shape index (κ2) is 10.2. The lowest BCUT2D eigenvalue weighted by atomic mass is 10.1. The molecule has 0 saturated heterocycles. The molecule has 0 aliphatic carbocycles. The van der Waals surface area contributed by atoms with Gasteiger partial charge in [0, 0.05) is 16.8 Å². The van der Waals surface area contributed by atoms with Gasteiger partial charge in [0.15, 0.2) is 0 Å². The number of nitrogens with zero attached hydrogens (tertiary/aromatic N) is 1. The van der Waals surface area contributed by atoms with Crippen LogP contribution in [0.2, 0.25) is 5.02 Å². The number of benzene rings is 3. The van der Waals surface area contributed by atoms with E-state index in [0.29, 0.717) is 39.4 Å². The monoisotopic (exact) mass is 433 g/mol. The van der Waals surface area contributed by atoms with Crippen LogP contribution in [0.15, 0.2) is 84.5 Å². The molecule has 0 fully saturated rings. The summed E-state index contributed by atoms with van der Waals surface area (Å²) in [5.74, 6) is -0.757. The van der Waals surface area contributed by atoms with Crippen molar-refractivity contribution in [2.45, 2.75) is 6.42 Å². The maximum Gasteiger partial charge on any atom is 0.271 e. The van der Waals surface area contributed by atoms with Crippen molar-refractivity contribution in [3.63, 3.8) is 0 Å². The number of rotatable bonds is 7. The number of aromatic hydroxyl groups is 1. The number of halogens is 1. The Hall–Kier alpha value is -3.90. The Labute approximate surface area is 184 Å². The first-order valence-electron chi connectivity index (χ1n) is 9.40. The molecule has 0 spiro atoms. The third-order valence-corrected chi connectivity index (χ3v) is 4.72. The summed E-state index contributed by atoms with van der Waals surface area (Å²) in [6.07, 6.45) is 3.57. The van der Waals surface area contributed by atoms with E-state index in [0.717, 1.165) is 0 Å². The predicted molar refractivity (Wildman–Crippen MR) is 123 cm³/mol. The number of amides is 2. The molecule has 0 heterocycles. The van der Waals surface area contributed by atoms with Crippen LogP contribution < -0.4 is 10.7 Å². The molecule has 0 aromatic heterocycles. The van der Waals surface area contributed by atoms with Crippen LogP contribution in [0.25, 0.3) is 0 Å². The van der Waals surface area contributed by atoms with Crippen molar-refractivity contribution >= 4 is 35.3 Å². The maximum absolute atomic E-state index is 12.4. The van der Waals surface area contributed by atoms with Gasteiger partial charge in [0.1, 0.15) is 5.75 Å². The summed E-state index contributed by atoms with van der Waals surface area (Å²) in [6.45, 7) is 3.66. The molecule has 0 radical (unpaired) electrons. The van der Waals surface area contributed by atoms with Crippen molar-refractivity contribution < 1.29 is 14.7 Å². The molecule has 0 aliphatic rings. The Morgan fingerprint density at radius 1 is 1.03 bits per heavy atom. The normalized spacial score (nSPS) is 10.6. The molecule has 0 aliphatic heterocycles. The smallest absolute Gasteiger partial charge is 0.271 e. The van der Waals surface area contributed by atoms with Gasteiger partial charge in [-0.05, 0) is 48.4 Å². The van der Waals surface area contributed by atoms with Crippen LogP contribution >= 0.6 is 11.6 Å². The van der Waals surface area contributed by atoms with E-state index in [-0.39, 0.29) is 11.7 Å². The minimum atomic E-state index is -0.466. The number of hydrogen-bond donors (Lipinski definition) is 3. The molecule has 2 amide bonds. The number of carbonyl (C=O) groups is 2. The Morgan fingerprint density at radius 2 is 1.81 bits per heavy atom. The molecule has 3 aromatic rings. The lowest BCUT2D eigenvalue weighted by molar-refractivity contribution is 0.0953. The van der Waals surface area contributed by atoms with E-state index in [1.54, 1.807) is 66.7 Å². The van der Waals surface area contributed by atoms with E-state index in [9.17, 15) is 14.7 Å². The molecule has 3 aromatic carbocycles. The molecule has 0 saturated carbocycles. The number of para-hydroxylation sites is 1. The number of phenolic OH excluding ortho intramolecular Hbond substituents is 1. The lowest BCUT2D eigenvalue weighted by Crippen LogP contribution is -2.18. The Balaban J connectivity index is 1.67. The Morgan fingerprint density at radius 3 is 2.58 bits per heavy atom. The van der Waals surface area contributed by atoms with Crippen molar-refractivity contribution in [2.75, 3.05) is 5.32 Å². The van der Waals surface area contributed by atoms with E-state index in [1.165, 1.54) is 12.3 Å². The van der Waals surface area contributed by atoms with Crippen LogP contribution in [0.5, 0.6) is 5.75 Å². The fraction of sp³-hybridized carbons (Fsp3) is 0.0417. The van der Waals surface area contributed by atoms with Crippen molar-refractivity contribution in [2.24, 2.45) is 5.10 Å². The lowest BCUT2D eigenvalue weighted by Gasteiger charge is -2.08. The third-order valence-electron chi connectivity index (χ3n) is 4.39. The fourth-order valence-corrected chi connectivity index (χ4v) is 3.06. The van der Waals surface area contributed by atoms with Gasteiger partial charge in [0.05, 0.1) is 16.8 Å². The summed E-state index contributed by atoms with van der Waals surface area (Å²) in [6, 6.07) is 18.4. The predicted octanol–water partition coefficient (Wildman–Crippen LogP) is 4.79. The summed E-state index contributed by atoms with van der Waals surface area (Å²) in [5, 5.41) is 17.2. The van der Waals surface area contributed by atoms with Crippen molar-refractivity contribution in [3.05, 3.63) is 107 Å². The zero-order chi connectivity index (χ0) is 22.2. The molecular weight excluding hydrogens is 414 g/mol. The van der Waals surface area contributed by atoms with E-state index in [1.807, 2.05) is 0 Å². The first-order valence-corrected chi connectivity index (χ1v) is 9.78. The molecule has 0 bridgehead atoms. The number of carbonyl (C=O) groups excluding carboxylic acids is 2. The topological polar surface area (TPSA) is 90.8 Å². The summed E-state index contributed by atoms with van der Waals surface area (Å²) < 4.78 is 0. The van der Waals surface area contributed by atoms with Crippen LogP contribution in [0.4, 0.5) is 5.69 Å². The number of hydrazone groups is 1. The first-order chi connectivity index (χ1) is 15.0. The van der Waals surface area contributed by atoms with Gasteiger partial charge in [-0.15, -0.1) is 6.58 Å². The SMILES string of the molecule is C=CCc1cccc(C=NNC(=O)c2cccc(NC(=O)c3ccccc3Cl)c2)c1O. The van der Waals surface area contributed by atoms with Gasteiger partial charge in [-0.3, -0.25) is 9.59 Å².